The number of carbonyl (C=O) groups excluding carboxylic acids is 1. The SMILES string of the molecule is Cc1c(Br)ccc(F)c1C(=O)N1CCC(C#N)CC1. The van der Waals surface area contributed by atoms with E-state index in [9.17, 15) is 9.18 Å². The fraction of sp³-hybridized carbons (Fsp3) is 0.429. The van der Waals surface area contributed by atoms with Crippen LogP contribution in [-0.2, 0) is 0 Å². The molecule has 0 spiro atoms. The second-order valence-corrected chi connectivity index (χ2v) is 5.58. The van der Waals surface area contributed by atoms with E-state index in [1.165, 1.54) is 6.07 Å². The first-order chi connectivity index (χ1) is 9.04. The summed E-state index contributed by atoms with van der Waals surface area (Å²) in [5.41, 5.74) is 0.747. The van der Waals surface area contributed by atoms with Crippen LogP contribution in [-0.4, -0.2) is 23.9 Å². The molecule has 2 rings (SSSR count). The molecule has 1 aromatic carbocycles. The van der Waals surface area contributed by atoms with Crippen molar-refractivity contribution < 1.29 is 9.18 Å². The van der Waals surface area contributed by atoms with E-state index >= 15 is 0 Å². The van der Waals surface area contributed by atoms with Crippen LogP contribution >= 0.6 is 15.9 Å². The van der Waals surface area contributed by atoms with E-state index in [1.54, 1.807) is 17.9 Å². The zero-order valence-electron chi connectivity index (χ0n) is 10.6. The summed E-state index contributed by atoms with van der Waals surface area (Å²) >= 11 is 3.31. The third-order valence-electron chi connectivity index (χ3n) is 3.53. The Hall–Kier alpha value is -1.41. The van der Waals surface area contributed by atoms with Crippen molar-refractivity contribution in [3.63, 3.8) is 0 Å². The molecule has 19 heavy (non-hydrogen) atoms. The molecule has 1 heterocycles. The molecule has 100 valence electrons. The van der Waals surface area contributed by atoms with E-state index in [0.29, 0.717) is 31.5 Å². The molecule has 0 saturated carbocycles. The first kappa shape index (κ1) is 14.0. The summed E-state index contributed by atoms with van der Waals surface area (Å²) in [6, 6.07) is 5.11. The number of carbonyl (C=O) groups is 1. The maximum Gasteiger partial charge on any atom is 0.257 e. The predicted molar refractivity (Wildman–Crippen MR) is 73.1 cm³/mol. The summed E-state index contributed by atoms with van der Waals surface area (Å²) in [6.07, 6.45) is 1.33. The highest BCUT2D eigenvalue weighted by Crippen LogP contribution is 2.25. The van der Waals surface area contributed by atoms with Gasteiger partial charge in [-0.15, -0.1) is 0 Å². The Morgan fingerprint density at radius 3 is 2.68 bits per heavy atom. The number of hydrogen-bond donors (Lipinski definition) is 0. The van der Waals surface area contributed by atoms with Gasteiger partial charge in [-0.25, -0.2) is 4.39 Å². The number of amides is 1. The minimum absolute atomic E-state index is 0.0116. The molecule has 0 unspecified atom stereocenters. The zero-order chi connectivity index (χ0) is 14.0. The molecular weight excluding hydrogens is 311 g/mol. The van der Waals surface area contributed by atoms with Gasteiger partial charge in [-0.3, -0.25) is 4.79 Å². The van der Waals surface area contributed by atoms with Gasteiger partial charge in [0.2, 0.25) is 0 Å². The van der Waals surface area contributed by atoms with Crippen molar-refractivity contribution in [2.45, 2.75) is 19.8 Å². The molecule has 0 atom stereocenters. The van der Waals surface area contributed by atoms with Crippen molar-refractivity contribution in [3.8, 4) is 6.07 Å². The standard InChI is InChI=1S/C14H14BrFN2O/c1-9-11(15)2-3-12(16)13(9)14(19)18-6-4-10(8-17)5-7-18/h2-3,10H,4-7H2,1H3. The van der Waals surface area contributed by atoms with Crippen molar-refractivity contribution in [1.29, 1.82) is 5.26 Å². The number of likely N-dealkylation sites (tertiary alicyclic amines) is 1. The van der Waals surface area contributed by atoms with Gasteiger partial charge >= 0.3 is 0 Å². The van der Waals surface area contributed by atoms with Crippen molar-refractivity contribution in [1.82, 2.24) is 4.90 Å². The Kier molecular flexibility index (Phi) is 4.20. The lowest BCUT2D eigenvalue weighted by atomic mass is 9.97. The minimum Gasteiger partial charge on any atom is -0.338 e. The number of nitrogens with zero attached hydrogens (tertiary/aromatic N) is 2. The van der Waals surface area contributed by atoms with E-state index in [0.717, 1.165) is 4.47 Å². The summed E-state index contributed by atoms with van der Waals surface area (Å²) in [7, 11) is 0. The summed E-state index contributed by atoms with van der Waals surface area (Å²) in [5, 5.41) is 8.84. The Morgan fingerprint density at radius 2 is 2.11 bits per heavy atom. The van der Waals surface area contributed by atoms with Crippen molar-refractivity contribution in [2.75, 3.05) is 13.1 Å². The van der Waals surface area contributed by atoms with Gasteiger partial charge < -0.3 is 4.90 Å². The van der Waals surface area contributed by atoms with E-state index in [2.05, 4.69) is 22.0 Å². The van der Waals surface area contributed by atoms with Gasteiger partial charge in [0.1, 0.15) is 5.82 Å². The third-order valence-corrected chi connectivity index (χ3v) is 4.39. The molecule has 0 bridgehead atoms. The van der Waals surface area contributed by atoms with E-state index in [4.69, 9.17) is 5.26 Å². The number of nitriles is 1. The lowest BCUT2D eigenvalue weighted by molar-refractivity contribution is 0.0701. The van der Waals surface area contributed by atoms with Crippen LogP contribution in [0, 0.1) is 30.0 Å². The van der Waals surface area contributed by atoms with E-state index in [1.807, 2.05) is 0 Å². The van der Waals surface area contributed by atoms with Crippen LogP contribution in [0.1, 0.15) is 28.8 Å². The largest absolute Gasteiger partial charge is 0.338 e. The second kappa shape index (κ2) is 5.70. The molecular formula is C14H14BrFN2O. The minimum atomic E-state index is -0.492. The number of benzene rings is 1. The lowest BCUT2D eigenvalue weighted by Crippen LogP contribution is -2.39. The van der Waals surface area contributed by atoms with E-state index in [-0.39, 0.29) is 17.4 Å². The van der Waals surface area contributed by atoms with Crippen LogP contribution in [0.4, 0.5) is 4.39 Å². The zero-order valence-corrected chi connectivity index (χ0v) is 12.2. The highest BCUT2D eigenvalue weighted by molar-refractivity contribution is 9.10. The third kappa shape index (κ3) is 2.79. The summed E-state index contributed by atoms with van der Waals surface area (Å²) in [6.45, 7) is 2.76. The van der Waals surface area contributed by atoms with Gasteiger partial charge in [-0.05, 0) is 37.5 Å². The van der Waals surface area contributed by atoms with Gasteiger partial charge in [0, 0.05) is 23.5 Å². The topological polar surface area (TPSA) is 44.1 Å². The van der Waals surface area contributed by atoms with Crippen LogP contribution in [0.15, 0.2) is 16.6 Å². The molecule has 0 aromatic heterocycles. The fourth-order valence-electron chi connectivity index (χ4n) is 2.29. The lowest BCUT2D eigenvalue weighted by Gasteiger charge is -2.29. The number of halogens is 2. The highest BCUT2D eigenvalue weighted by atomic mass is 79.9. The van der Waals surface area contributed by atoms with Crippen LogP contribution in [0.2, 0.25) is 0 Å². The van der Waals surface area contributed by atoms with Gasteiger partial charge in [0.15, 0.2) is 0 Å². The van der Waals surface area contributed by atoms with Crippen molar-refractivity contribution in [2.24, 2.45) is 5.92 Å². The highest BCUT2D eigenvalue weighted by Gasteiger charge is 2.26. The number of hydrogen-bond acceptors (Lipinski definition) is 2. The maximum atomic E-state index is 13.9. The molecule has 1 aromatic rings. The maximum absolute atomic E-state index is 13.9. The average molecular weight is 325 g/mol. The number of rotatable bonds is 1. The summed E-state index contributed by atoms with van der Waals surface area (Å²) in [5.74, 6) is -0.765. The van der Waals surface area contributed by atoms with Crippen LogP contribution < -0.4 is 0 Å². The molecule has 1 aliphatic rings. The quantitative estimate of drug-likeness (QED) is 0.795. The van der Waals surface area contributed by atoms with E-state index < -0.39 is 5.82 Å². The summed E-state index contributed by atoms with van der Waals surface area (Å²) in [4.78, 5) is 14.0. The molecule has 1 amide bonds. The Balaban J connectivity index is 2.22. The summed E-state index contributed by atoms with van der Waals surface area (Å²) < 4.78 is 14.6. The Bertz CT molecular complexity index is 545. The molecule has 5 heteroatoms. The average Bonchev–Trinajstić information content (AvgIpc) is 2.43. The fourth-order valence-corrected chi connectivity index (χ4v) is 2.62. The molecule has 0 aliphatic carbocycles. The first-order valence-electron chi connectivity index (χ1n) is 6.18. The molecule has 1 saturated heterocycles. The Morgan fingerprint density at radius 1 is 1.47 bits per heavy atom. The van der Waals surface area contributed by atoms with Crippen LogP contribution in [0.3, 0.4) is 0 Å². The second-order valence-electron chi connectivity index (χ2n) is 4.72. The monoisotopic (exact) mass is 324 g/mol. The van der Waals surface area contributed by atoms with Gasteiger partial charge in [-0.1, -0.05) is 15.9 Å². The van der Waals surface area contributed by atoms with Gasteiger partial charge in [0.05, 0.1) is 11.6 Å². The molecule has 1 fully saturated rings. The number of piperidine rings is 1. The normalized spacial score (nSPS) is 16.2. The van der Waals surface area contributed by atoms with Gasteiger partial charge in [-0.2, -0.15) is 5.26 Å². The Labute approximate surface area is 120 Å². The van der Waals surface area contributed by atoms with Crippen molar-refractivity contribution >= 4 is 21.8 Å². The van der Waals surface area contributed by atoms with Crippen LogP contribution in [0.5, 0.6) is 0 Å². The van der Waals surface area contributed by atoms with Crippen LogP contribution in [0.25, 0.3) is 0 Å². The first-order valence-corrected chi connectivity index (χ1v) is 6.97. The molecule has 1 aliphatic heterocycles. The molecule has 0 radical (unpaired) electrons. The molecule has 0 N–H and O–H groups in total. The smallest absolute Gasteiger partial charge is 0.257 e. The van der Waals surface area contributed by atoms with Gasteiger partial charge in [0.25, 0.3) is 5.91 Å². The molecule has 3 nitrogen and oxygen atoms in total. The predicted octanol–water partition coefficient (Wildman–Crippen LogP) is 3.27. The van der Waals surface area contributed by atoms with Crippen molar-refractivity contribution in [3.05, 3.63) is 33.5 Å².